The Hall–Kier alpha value is -0.330. The fourth-order valence-electron chi connectivity index (χ4n) is 1.93. The first kappa shape index (κ1) is 14.1. The summed E-state index contributed by atoms with van der Waals surface area (Å²) in [5, 5.41) is 3.70. The van der Waals surface area contributed by atoms with Crippen LogP contribution in [0.2, 0.25) is 10.0 Å². The van der Waals surface area contributed by atoms with Crippen LogP contribution in [0, 0.1) is 0 Å². The highest BCUT2D eigenvalue weighted by atomic mass is 35.5. The SMILES string of the molecule is CC1(NS(=O)(=O)c2ccc(Cl)c(Cl)c2)CCNC1. The van der Waals surface area contributed by atoms with Gasteiger partial charge in [-0.05, 0) is 38.1 Å². The molecule has 1 aromatic rings. The van der Waals surface area contributed by atoms with E-state index < -0.39 is 15.6 Å². The minimum absolute atomic E-state index is 0.130. The van der Waals surface area contributed by atoms with Crippen molar-refractivity contribution in [3.8, 4) is 0 Å². The summed E-state index contributed by atoms with van der Waals surface area (Å²) >= 11 is 11.6. The Morgan fingerprint density at radius 1 is 1.33 bits per heavy atom. The van der Waals surface area contributed by atoms with Crippen molar-refractivity contribution in [1.82, 2.24) is 10.0 Å². The number of sulfonamides is 1. The van der Waals surface area contributed by atoms with E-state index in [1.165, 1.54) is 18.2 Å². The van der Waals surface area contributed by atoms with E-state index in [4.69, 9.17) is 23.2 Å². The highest BCUT2D eigenvalue weighted by molar-refractivity contribution is 7.89. The van der Waals surface area contributed by atoms with E-state index >= 15 is 0 Å². The van der Waals surface area contributed by atoms with Crippen molar-refractivity contribution in [2.75, 3.05) is 13.1 Å². The molecule has 0 bridgehead atoms. The second kappa shape index (κ2) is 4.98. The molecule has 1 aliphatic rings. The largest absolute Gasteiger partial charge is 0.315 e. The highest BCUT2D eigenvalue weighted by Gasteiger charge is 2.33. The van der Waals surface area contributed by atoms with Crippen molar-refractivity contribution in [3.63, 3.8) is 0 Å². The van der Waals surface area contributed by atoms with Crippen LogP contribution in [0.3, 0.4) is 0 Å². The van der Waals surface area contributed by atoms with Crippen molar-refractivity contribution in [2.45, 2.75) is 23.8 Å². The van der Waals surface area contributed by atoms with Gasteiger partial charge in [-0.15, -0.1) is 0 Å². The van der Waals surface area contributed by atoms with Crippen molar-refractivity contribution in [1.29, 1.82) is 0 Å². The van der Waals surface area contributed by atoms with Crippen molar-refractivity contribution in [3.05, 3.63) is 28.2 Å². The van der Waals surface area contributed by atoms with Crippen LogP contribution in [-0.4, -0.2) is 27.0 Å². The van der Waals surface area contributed by atoms with Gasteiger partial charge in [-0.1, -0.05) is 23.2 Å². The zero-order valence-electron chi connectivity index (χ0n) is 9.83. The molecule has 0 aromatic heterocycles. The first-order chi connectivity index (χ1) is 8.32. The van der Waals surface area contributed by atoms with E-state index in [0.29, 0.717) is 11.6 Å². The molecule has 1 fully saturated rings. The van der Waals surface area contributed by atoms with Crippen LogP contribution in [-0.2, 0) is 10.0 Å². The summed E-state index contributed by atoms with van der Waals surface area (Å²) in [6.07, 6.45) is 0.757. The molecule has 1 aliphatic heterocycles. The molecule has 100 valence electrons. The lowest BCUT2D eigenvalue weighted by Crippen LogP contribution is -2.47. The molecule has 1 unspecified atom stereocenters. The molecule has 0 amide bonds. The fourth-order valence-corrected chi connectivity index (χ4v) is 3.76. The molecular formula is C11H14Cl2N2O2S. The zero-order chi connectivity index (χ0) is 13.4. The number of rotatable bonds is 3. The molecule has 1 atom stereocenters. The molecule has 18 heavy (non-hydrogen) atoms. The maximum absolute atomic E-state index is 12.2. The third-order valence-corrected chi connectivity index (χ3v) is 5.33. The van der Waals surface area contributed by atoms with Crippen molar-refractivity contribution < 1.29 is 8.42 Å². The maximum atomic E-state index is 12.2. The normalized spacial score (nSPS) is 24.4. The van der Waals surface area contributed by atoms with Gasteiger partial charge in [0.15, 0.2) is 0 Å². The first-order valence-corrected chi connectivity index (χ1v) is 7.76. The topological polar surface area (TPSA) is 58.2 Å². The second-order valence-corrected chi connectivity index (χ2v) is 7.17. The van der Waals surface area contributed by atoms with Crippen molar-refractivity contribution >= 4 is 33.2 Å². The molecule has 4 nitrogen and oxygen atoms in total. The summed E-state index contributed by atoms with van der Waals surface area (Å²) in [6.45, 7) is 3.30. The van der Waals surface area contributed by atoms with Crippen LogP contribution < -0.4 is 10.0 Å². The molecule has 1 aromatic carbocycles. The third-order valence-electron chi connectivity index (χ3n) is 2.95. The van der Waals surface area contributed by atoms with Gasteiger partial charge in [0.2, 0.25) is 10.0 Å². The van der Waals surface area contributed by atoms with Crippen LogP contribution in [0.25, 0.3) is 0 Å². The maximum Gasteiger partial charge on any atom is 0.241 e. The zero-order valence-corrected chi connectivity index (χ0v) is 12.2. The average molecular weight is 309 g/mol. The van der Waals surface area contributed by atoms with Gasteiger partial charge >= 0.3 is 0 Å². The Balaban J connectivity index is 2.27. The van der Waals surface area contributed by atoms with E-state index in [-0.39, 0.29) is 9.92 Å². The van der Waals surface area contributed by atoms with Gasteiger partial charge in [0.05, 0.1) is 14.9 Å². The summed E-state index contributed by atoms with van der Waals surface area (Å²) in [4.78, 5) is 0.130. The Labute approximate surface area is 117 Å². The lowest BCUT2D eigenvalue weighted by molar-refractivity contribution is 0.452. The van der Waals surface area contributed by atoms with E-state index in [0.717, 1.165) is 13.0 Å². The smallest absolute Gasteiger partial charge is 0.241 e. The summed E-state index contributed by atoms with van der Waals surface area (Å²) in [5.41, 5.74) is -0.453. The van der Waals surface area contributed by atoms with Gasteiger partial charge in [0.1, 0.15) is 0 Å². The quantitative estimate of drug-likeness (QED) is 0.898. The standard InChI is InChI=1S/C11H14Cl2N2O2S/c1-11(4-5-14-7-11)15-18(16,17)8-2-3-9(12)10(13)6-8/h2-3,6,14-15H,4-5,7H2,1H3. The highest BCUT2D eigenvalue weighted by Crippen LogP contribution is 2.26. The van der Waals surface area contributed by atoms with Crippen LogP contribution in [0.1, 0.15) is 13.3 Å². The number of nitrogens with one attached hydrogen (secondary N) is 2. The molecule has 2 rings (SSSR count). The van der Waals surface area contributed by atoms with Gasteiger partial charge in [-0.3, -0.25) is 0 Å². The van der Waals surface area contributed by atoms with Crippen LogP contribution >= 0.6 is 23.2 Å². The minimum atomic E-state index is -3.57. The summed E-state index contributed by atoms with van der Waals surface area (Å²) in [5.74, 6) is 0. The predicted molar refractivity (Wildman–Crippen MR) is 72.7 cm³/mol. The van der Waals surface area contributed by atoms with Crippen LogP contribution in [0.5, 0.6) is 0 Å². The number of hydrogen-bond acceptors (Lipinski definition) is 3. The predicted octanol–water partition coefficient (Wildman–Crippen LogP) is 2.02. The van der Waals surface area contributed by atoms with E-state index in [9.17, 15) is 8.42 Å². The molecule has 0 aliphatic carbocycles. The number of hydrogen-bond donors (Lipinski definition) is 2. The van der Waals surface area contributed by atoms with Gasteiger partial charge in [0.25, 0.3) is 0 Å². The lowest BCUT2D eigenvalue weighted by atomic mass is 10.0. The summed E-state index contributed by atoms with van der Waals surface area (Å²) < 4.78 is 27.1. The monoisotopic (exact) mass is 308 g/mol. The van der Waals surface area contributed by atoms with Crippen LogP contribution in [0.15, 0.2) is 23.1 Å². The number of halogens is 2. The Morgan fingerprint density at radius 2 is 2.06 bits per heavy atom. The minimum Gasteiger partial charge on any atom is -0.315 e. The molecule has 1 heterocycles. The molecule has 0 radical (unpaired) electrons. The van der Waals surface area contributed by atoms with E-state index in [1.807, 2.05) is 6.92 Å². The molecular weight excluding hydrogens is 295 g/mol. The first-order valence-electron chi connectivity index (χ1n) is 5.52. The van der Waals surface area contributed by atoms with E-state index in [2.05, 4.69) is 10.0 Å². The molecule has 0 spiro atoms. The molecule has 1 saturated heterocycles. The van der Waals surface area contributed by atoms with Gasteiger partial charge in [0, 0.05) is 12.1 Å². The Bertz CT molecular complexity index is 554. The Morgan fingerprint density at radius 3 is 2.61 bits per heavy atom. The van der Waals surface area contributed by atoms with Gasteiger partial charge in [-0.2, -0.15) is 0 Å². The van der Waals surface area contributed by atoms with Gasteiger partial charge in [-0.25, -0.2) is 13.1 Å². The summed E-state index contributed by atoms with van der Waals surface area (Å²) in [6, 6.07) is 4.29. The molecule has 7 heteroatoms. The Kier molecular flexibility index (Phi) is 3.90. The number of benzene rings is 1. The molecule has 2 N–H and O–H groups in total. The average Bonchev–Trinajstić information content (AvgIpc) is 2.67. The fraction of sp³-hybridized carbons (Fsp3) is 0.455. The summed E-state index contributed by atoms with van der Waals surface area (Å²) in [7, 11) is -3.57. The lowest BCUT2D eigenvalue weighted by Gasteiger charge is -2.24. The second-order valence-electron chi connectivity index (χ2n) is 4.67. The van der Waals surface area contributed by atoms with Gasteiger partial charge < -0.3 is 5.32 Å². The molecule has 0 saturated carbocycles. The third kappa shape index (κ3) is 2.97. The van der Waals surface area contributed by atoms with E-state index in [1.54, 1.807) is 0 Å². The van der Waals surface area contributed by atoms with Crippen LogP contribution in [0.4, 0.5) is 0 Å². The van der Waals surface area contributed by atoms with Crippen molar-refractivity contribution in [2.24, 2.45) is 0 Å².